The zero-order valence-electron chi connectivity index (χ0n) is 10.8. The van der Waals surface area contributed by atoms with Crippen molar-refractivity contribution in [3.63, 3.8) is 0 Å². The van der Waals surface area contributed by atoms with Gasteiger partial charge in [0.1, 0.15) is 5.75 Å². The van der Waals surface area contributed by atoms with Gasteiger partial charge in [-0.25, -0.2) is 0 Å². The first-order chi connectivity index (χ1) is 8.61. The monoisotopic (exact) mass is 249 g/mol. The van der Waals surface area contributed by atoms with Crippen molar-refractivity contribution in [3.05, 3.63) is 29.3 Å². The number of carbonyl (C=O) groups excluding carboxylic acids is 1. The van der Waals surface area contributed by atoms with Crippen LogP contribution in [0.15, 0.2) is 18.2 Å². The first kappa shape index (κ1) is 12.9. The van der Waals surface area contributed by atoms with Gasteiger partial charge in [0, 0.05) is 26.1 Å². The van der Waals surface area contributed by atoms with Gasteiger partial charge in [-0.15, -0.1) is 0 Å². The Bertz CT molecular complexity index is 445. The number of ether oxygens (including phenoxy) is 1. The number of phenolic OH excluding ortho intramolecular Hbond substituents is 1. The zero-order chi connectivity index (χ0) is 13.1. The lowest BCUT2D eigenvalue weighted by Gasteiger charge is -2.17. The molecule has 1 aliphatic heterocycles. The zero-order valence-corrected chi connectivity index (χ0v) is 10.8. The molecular formula is C14H19NO3. The van der Waals surface area contributed by atoms with Gasteiger partial charge < -0.3 is 14.7 Å². The lowest BCUT2D eigenvalue weighted by atomic mass is 10.1. The number of likely N-dealkylation sites (tertiary alicyclic amines) is 1. The van der Waals surface area contributed by atoms with Crippen LogP contribution in [-0.2, 0) is 4.74 Å². The molecule has 18 heavy (non-hydrogen) atoms. The van der Waals surface area contributed by atoms with Gasteiger partial charge in [0.15, 0.2) is 0 Å². The number of nitrogens with zero attached hydrogens (tertiary/aromatic N) is 1. The molecule has 0 aliphatic carbocycles. The summed E-state index contributed by atoms with van der Waals surface area (Å²) in [5.74, 6) is 0.382. The molecule has 1 amide bonds. The van der Waals surface area contributed by atoms with Crippen molar-refractivity contribution in [2.75, 3.05) is 26.8 Å². The summed E-state index contributed by atoms with van der Waals surface area (Å²) in [5.41, 5.74) is 1.33. The van der Waals surface area contributed by atoms with Gasteiger partial charge >= 0.3 is 0 Å². The van der Waals surface area contributed by atoms with Crippen LogP contribution in [-0.4, -0.2) is 42.7 Å². The molecule has 1 aromatic rings. The smallest absolute Gasteiger partial charge is 0.257 e. The van der Waals surface area contributed by atoms with Gasteiger partial charge in [-0.1, -0.05) is 6.07 Å². The van der Waals surface area contributed by atoms with E-state index in [1.165, 1.54) is 0 Å². The first-order valence-corrected chi connectivity index (χ1v) is 6.19. The van der Waals surface area contributed by atoms with E-state index in [1.54, 1.807) is 24.1 Å². The van der Waals surface area contributed by atoms with E-state index < -0.39 is 0 Å². The summed E-state index contributed by atoms with van der Waals surface area (Å²) in [5, 5.41) is 9.82. The third-order valence-corrected chi connectivity index (χ3v) is 3.36. The third kappa shape index (κ3) is 2.64. The standard InChI is InChI=1S/C14H19NO3/c1-10-3-4-12(13(16)7-10)14(17)15-6-5-11(8-15)9-18-2/h3-4,7,11,16H,5-6,8-9H2,1-2H3. The molecule has 1 aliphatic rings. The molecule has 0 saturated carbocycles. The highest BCUT2D eigenvalue weighted by atomic mass is 16.5. The number of aryl methyl sites for hydroxylation is 1. The Kier molecular flexibility index (Phi) is 3.87. The van der Waals surface area contributed by atoms with Gasteiger partial charge in [0.2, 0.25) is 0 Å². The summed E-state index contributed by atoms with van der Waals surface area (Å²) in [6.07, 6.45) is 0.964. The van der Waals surface area contributed by atoms with E-state index in [1.807, 2.05) is 13.0 Å². The van der Waals surface area contributed by atoms with Crippen molar-refractivity contribution >= 4 is 5.91 Å². The van der Waals surface area contributed by atoms with Crippen molar-refractivity contribution < 1.29 is 14.6 Å². The Morgan fingerprint density at radius 3 is 3.00 bits per heavy atom. The van der Waals surface area contributed by atoms with E-state index in [0.717, 1.165) is 18.5 Å². The highest BCUT2D eigenvalue weighted by molar-refractivity contribution is 5.97. The van der Waals surface area contributed by atoms with Gasteiger partial charge in [0.05, 0.1) is 12.2 Å². The number of carbonyl (C=O) groups is 1. The number of aromatic hydroxyl groups is 1. The average Bonchev–Trinajstić information content (AvgIpc) is 2.77. The lowest BCUT2D eigenvalue weighted by molar-refractivity contribution is 0.0772. The van der Waals surface area contributed by atoms with E-state index in [4.69, 9.17) is 4.74 Å². The fourth-order valence-corrected chi connectivity index (χ4v) is 2.38. The van der Waals surface area contributed by atoms with Gasteiger partial charge in [0.25, 0.3) is 5.91 Å². The normalized spacial score (nSPS) is 19.2. The molecule has 1 N–H and O–H groups in total. The number of methoxy groups -OCH3 is 1. The largest absolute Gasteiger partial charge is 0.507 e. The lowest BCUT2D eigenvalue weighted by Crippen LogP contribution is -2.29. The molecule has 1 unspecified atom stereocenters. The van der Waals surface area contributed by atoms with E-state index in [-0.39, 0.29) is 11.7 Å². The topological polar surface area (TPSA) is 49.8 Å². The summed E-state index contributed by atoms with van der Waals surface area (Å²) in [4.78, 5) is 14.0. The third-order valence-electron chi connectivity index (χ3n) is 3.36. The second-order valence-electron chi connectivity index (χ2n) is 4.88. The summed E-state index contributed by atoms with van der Waals surface area (Å²) < 4.78 is 5.11. The summed E-state index contributed by atoms with van der Waals surface area (Å²) in [6, 6.07) is 5.16. The second-order valence-corrected chi connectivity index (χ2v) is 4.88. The molecule has 98 valence electrons. The number of hydrogen-bond acceptors (Lipinski definition) is 3. The average molecular weight is 249 g/mol. The SMILES string of the molecule is COCC1CCN(C(=O)c2ccc(C)cc2O)C1. The van der Waals surface area contributed by atoms with Crippen LogP contribution in [0.1, 0.15) is 22.3 Å². The van der Waals surface area contributed by atoms with Crippen LogP contribution >= 0.6 is 0 Å². The van der Waals surface area contributed by atoms with Crippen molar-refractivity contribution in [2.24, 2.45) is 5.92 Å². The van der Waals surface area contributed by atoms with Gasteiger partial charge in [-0.2, -0.15) is 0 Å². The predicted octanol–water partition coefficient (Wildman–Crippen LogP) is 1.81. The molecule has 0 bridgehead atoms. The maximum Gasteiger partial charge on any atom is 0.257 e. The Hall–Kier alpha value is -1.55. The number of hydrogen-bond donors (Lipinski definition) is 1. The molecule has 1 fully saturated rings. The van der Waals surface area contributed by atoms with Crippen LogP contribution in [0.5, 0.6) is 5.75 Å². The second kappa shape index (κ2) is 5.40. The minimum atomic E-state index is -0.0916. The van der Waals surface area contributed by atoms with Crippen LogP contribution in [0, 0.1) is 12.8 Å². The van der Waals surface area contributed by atoms with Crippen LogP contribution in [0.25, 0.3) is 0 Å². The van der Waals surface area contributed by atoms with Gasteiger partial charge in [-0.3, -0.25) is 4.79 Å². The predicted molar refractivity (Wildman–Crippen MR) is 68.7 cm³/mol. The molecule has 1 atom stereocenters. The van der Waals surface area contributed by atoms with Crippen molar-refractivity contribution in [1.29, 1.82) is 0 Å². The number of phenols is 1. The maximum atomic E-state index is 12.3. The van der Waals surface area contributed by atoms with Crippen LogP contribution < -0.4 is 0 Å². The molecule has 4 heteroatoms. The maximum absolute atomic E-state index is 12.3. The highest BCUT2D eigenvalue weighted by Gasteiger charge is 2.27. The molecular weight excluding hydrogens is 230 g/mol. The van der Waals surface area contributed by atoms with E-state index in [9.17, 15) is 9.90 Å². The highest BCUT2D eigenvalue weighted by Crippen LogP contribution is 2.24. The summed E-state index contributed by atoms with van der Waals surface area (Å²) in [6.45, 7) is 4.02. The minimum absolute atomic E-state index is 0.0650. The summed E-state index contributed by atoms with van der Waals surface area (Å²) in [7, 11) is 1.68. The van der Waals surface area contributed by atoms with E-state index in [2.05, 4.69) is 0 Å². The number of rotatable bonds is 3. The molecule has 1 aromatic carbocycles. The number of amides is 1. The van der Waals surface area contributed by atoms with Crippen molar-refractivity contribution in [1.82, 2.24) is 4.90 Å². The van der Waals surface area contributed by atoms with Crippen LogP contribution in [0.3, 0.4) is 0 Å². The minimum Gasteiger partial charge on any atom is -0.507 e. The fraction of sp³-hybridized carbons (Fsp3) is 0.500. The molecule has 0 spiro atoms. The Morgan fingerprint density at radius 2 is 2.33 bits per heavy atom. The molecule has 1 saturated heterocycles. The van der Waals surface area contributed by atoms with Gasteiger partial charge in [-0.05, 0) is 31.0 Å². The fourth-order valence-electron chi connectivity index (χ4n) is 2.38. The van der Waals surface area contributed by atoms with E-state index >= 15 is 0 Å². The molecule has 0 radical (unpaired) electrons. The molecule has 4 nitrogen and oxygen atoms in total. The van der Waals surface area contributed by atoms with E-state index in [0.29, 0.717) is 24.6 Å². The molecule has 0 aromatic heterocycles. The Morgan fingerprint density at radius 1 is 1.56 bits per heavy atom. The van der Waals surface area contributed by atoms with Crippen molar-refractivity contribution in [2.45, 2.75) is 13.3 Å². The van der Waals surface area contributed by atoms with Crippen LogP contribution in [0.4, 0.5) is 0 Å². The first-order valence-electron chi connectivity index (χ1n) is 6.19. The Balaban J connectivity index is 2.08. The number of benzene rings is 1. The van der Waals surface area contributed by atoms with Crippen LogP contribution in [0.2, 0.25) is 0 Å². The Labute approximate surface area is 107 Å². The summed E-state index contributed by atoms with van der Waals surface area (Å²) >= 11 is 0. The quantitative estimate of drug-likeness (QED) is 0.888. The molecule has 2 rings (SSSR count). The van der Waals surface area contributed by atoms with Crippen molar-refractivity contribution in [3.8, 4) is 5.75 Å². The molecule has 1 heterocycles.